The summed E-state index contributed by atoms with van der Waals surface area (Å²) in [5, 5.41) is 12.4. The standard InChI is InChI=1S/C20H29N3O3/c1-19(2,3)26-18(24)23(13-20(10-7-11-20)17(21)22-25)16-12-15(16)14-8-5-4-6-9-14/h4-6,8-9,15-16,25H,7,10-13H2,1-3H3,(H2,21,22)/t15-,16?/m0/s1. The van der Waals surface area contributed by atoms with E-state index in [2.05, 4.69) is 17.3 Å². The molecule has 1 unspecified atom stereocenters. The molecular weight excluding hydrogens is 330 g/mol. The largest absolute Gasteiger partial charge is 0.444 e. The molecular formula is C20H29N3O3. The molecule has 0 aromatic heterocycles. The molecule has 1 amide bonds. The number of oxime groups is 1. The Hall–Kier alpha value is -2.24. The summed E-state index contributed by atoms with van der Waals surface area (Å²) >= 11 is 0. The van der Waals surface area contributed by atoms with Crippen LogP contribution in [0.15, 0.2) is 35.5 Å². The molecule has 1 aromatic rings. The molecule has 2 fully saturated rings. The lowest BCUT2D eigenvalue weighted by molar-refractivity contribution is 0.0116. The molecule has 0 heterocycles. The van der Waals surface area contributed by atoms with Crippen LogP contribution in [0.1, 0.15) is 57.9 Å². The number of hydrogen-bond donors (Lipinski definition) is 2. The average molecular weight is 359 g/mol. The van der Waals surface area contributed by atoms with Gasteiger partial charge in [0.2, 0.25) is 0 Å². The third-order valence-electron chi connectivity index (χ3n) is 5.45. The van der Waals surface area contributed by atoms with E-state index in [1.54, 1.807) is 4.90 Å². The first-order chi connectivity index (χ1) is 12.3. The van der Waals surface area contributed by atoms with E-state index in [-0.39, 0.29) is 18.0 Å². The van der Waals surface area contributed by atoms with Crippen molar-refractivity contribution >= 4 is 11.9 Å². The SMILES string of the molecule is CC(C)(C)OC(=O)N(CC1(C(N)=NO)CCC1)C1C[C@H]1c1ccccc1. The molecule has 26 heavy (non-hydrogen) atoms. The molecule has 3 N–H and O–H groups in total. The van der Waals surface area contributed by atoms with E-state index in [4.69, 9.17) is 10.5 Å². The predicted molar refractivity (Wildman–Crippen MR) is 100 cm³/mol. The van der Waals surface area contributed by atoms with E-state index in [1.165, 1.54) is 5.56 Å². The lowest BCUT2D eigenvalue weighted by Gasteiger charge is -2.44. The molecule has 0 aliphatic heterocycles. The Kier molecular flexibility index (Phi) is 4.86. The molecule has 0 bridgehead atoms. The summed E-state index contributed by atoms with van der Waals surface area (Å²) in [4.78, 5) is 14.7. The average Bonchev–Trinajstić information content (AvgIpc) is 3.33. The van der Waals surface area contributed by atoms with Gasteiger partial charge in [0.25, 0.3) is 0 Å². The normalized spacial score (nSPS) is 24.5. The van der Waals surface area contributed by atoms with Gasteiger partial charge >= 0.3 is 6.09 Å². The number of amides is 1. The van der Waals surface area contributed by atoms with Gasteiger partial charge in [0.05, 0.1) is 0 Å². The Morgan fingerprint density at radius 3 is 2.50 bits per heavy atom. The van der Waals surface area contributed by atoms with Crippen LogP contribution in [0.25, 0.3) is 0 Å². The zero-order valence-corrected chi connectivity index (χ0v) is 15.8. The molecule has 1 aromatic carbocycles. The minimum absolute atomic E-state index is 0.0937. The van der Waals surface area contributed by atoms with E-state index in [1.807, 2.05) is 39.0 Å². The minimum atomic E-state index is -0.560. The highest BCUT2D eigenvalue weighted by Crippen LogP contribution is 2.49. The van der Waals surface area contributed by atoms with Crippen molar-refractivity contribution in [3.8, 4) is 0 Å². The van der Waals surface area contributed by atoms with Crippen molar-refractivity contribution < 1.29 is 14.7 Å². The van der Waals surface area contributed by atoms with Crippen LogP contribution in [-0.4, -0.2) is 40.2 Å². The van der Waals surface area contributed by atoms with Crippen molar-refractivity contribution in [3.05, 3.63) is 35.9 Å². The molecule has 2 aliphatic rings. The van der Waals surface area contributed by atoms with Crippen LogP contribution in [0.4, 0.5) is 4.79 Å². The lowest BCUT2D eigenvalue weighted by Crippen LogP contribution is -2.53. The Balaban J connectivity index is 1.80. The molecule has 2 aliphatic carbocycles. The summed E-state index contributed by atoms with van der Waals surface area (Å²) in [6, 6.07) is 10.3. The summed E-state index contributed by atoms with van der Waals surface area (Å²) in [5.41, 5.74) is 6.22. The van der Waals surface area contributed by atoms with E-state index in [0.29, 0.717) is 12.5 Å². The monoisotopic (exact) mass is 359 g/mol. The summed E-state index contributed by atoms with van der Waals surface area (Å²) in [5.74, 6) is 0.530. The van der Waals surface area contributed by atoms with Gasteiger partial charge in [-0.25, -0.2) is 4.79 Å². The lowest BCUT2D eigenvalue weighted by atomic mass is 9.67. The number of nitrogens with two attached hydrogens (primary N) is 1. The second-order valence-corrected chi connectivity index (χ2v) is 8.55. The smallest absolute Gasteiger partial charge is 0.410 e. The minimum Gasteiger partial charge on any atom is -0.444 e. The number of benzene rings is 1. The maximum Gasteiger partial charge on any atom is 0.410 e. The van der Waals surface area contributed by atoms with Crippen molar-refractivity contribution in [2.75, 3.05) is 6.54 Å². The van der Waals surface area contributed by atoms with Gasteiger partial charge in [0.1, 0.15) is 11.4 Å². The van der Waals surface area contributed by atoms with Gasteiger partial charge in [-0.1, -0.05) is 41.9 Å². The maximum atomic E-state index is 12.9. The summed E-state index contributed by atoms with van der Waals surface area (Å²) in [6.07, 6.45) is 3.26. The molecule has 0 saturated heterocycles. The number of ether oxygens (including phenoxy) is 1. The van der Waals surface area contributed by atoms with Gasteiger partial charge in [-0.2, -0.15) is 0 Å². The number of nitrogens with zero attached hydrogens (tertiary/aromatic N) is 2. The van der Waals surface area contributed by atoms with Crippen LogP contribution in [0.2, 0.25) is 0 Å². The second kappa shape index (κ2) is 6.82. The number of rotatable bonds is 5. The quantitative estimate of drug-likeness (QED) is 0.363. The highest BCUT2D eigenvalue weighted by molar-refractivity contribution is 5.87. The highest BCUT2D eigenvalue weighted by atomic mass is 16.6. The van der Waals surface area contributed by atoms with Crippen LogP contribution in [0.5, 0.6) is 0 Å². The van der Waals surface area contributed by atoms with Crippen LogP contribution < -0.4 is 5.73 Å². The summed E-state index contributed by atoms with van der Waals surface area (Å²) in [7, 11) is 0. The van der Waals surface area contributed by atoms with Gasteiger partial charge in [-0.3, -0.25) is 0 Å². The molecule has 2 saturated carbocycles. The summed E-state index contributed by atoms with van der Waals surface area (Å²) < 4.78 is 5.66. The van der Waals surface area contributed by atoms with E-state index >= 15 is 0 Å². The number of hydrogen-bond acceptors (Lipinski definition) is 4. The third kappa shape index (κ3) is 3.79. The van der Waals surface area contributed by atoms with Gasteiger partial charge in [-0.15, -0.1) is 0 Å². The van der Waals surface area contributed by atoms with Crippen molar-refractivity contribution in [3.63, 3.8) is 0 Å². The molecule has 6 nitrogen and oxygen atoms in total. The Morgan fingerprint density at radius 1 is 1.35 bits per heavy atom. The van der Waals surface area contributed by atoms with Gasteiger partial charge in [0, 0.05) is 23.9 Å². The van der Waals surface area contributed by atoms with Crippen molar-refractivity contribution in [1.29, 1.82) is 0 Å². The Labute approximate surface area is 155 Å². The summed E-state index contributed by atoms with van der Waals surface area (Å²) in [6.45, 7) is 6.04. The van der Waals surface area contributed by atoms with Gasteiger partial charge in [-0.05, 0) is 45.6 Å². The fraction of sp³-hybridized carbons (Fsp3) is 0.600. The molecule has 3 rings (SSSR count). The first-order valence-corrected chi connectivity index (χ1v) is 9.28. The van der Waals surface area contributed by atoms with E-state index in [0.717, 1.165) is 25.7 Å². The zero-order chi connectivity index (χ0) is 18.9. The first kappa shape index (κ1) is 18.5. The van der Waals surface area contributed by atoms with Crippen molar-refractivity contribution in [2.24, 2.45) is 16.3 Å². The van der Waals surface area contributed by atoms with E-state index < -0.39 is 11.0 Å². The fourth-order valence-corrected chi connectivity index (χ4v) is 3.75. The third-order valence-corrected chi connectivity index (χ3v) is 5.45. The number of carbonyl (C=O) groups is 1. The number of amidine groups is 1. The molecule has 2 atom stereocenters. The molecule has 0 spiro atoms. The maximum absolute atomic E-state index is 12.9. The molecule has 6 heteroatoms. The van der Waals surface area contributed by atoms with Crippen molar-refractivity contribution in [1.82, 2.24) is 4.90 Å². The van der Waals surface area contributed by atoms with Gasteiger partial charge < -0.3 is 20.6 Å². The van der Waals surface area contributed by atoms with Crippen LogP contribution >= 0.6 is 0 Å². The number of carbonyl (C=O) groups excluding carboxylic acids is 1. The van der Waals surface area contributed by atoms with Crippen LogP contribution in [0.3, 0.4) is 0 Å². The van der Waals surface area contributed by atoms with Crippen LogP contribution in [-0.2, 0) is 4.74 Å². The van der Waals surface area contributed by atoms with Crippen molar-refractivity contribution in [2.45, 2.75) is 64.0 Å². The molecule has 0 radical (unpaired) electrons. The second-order valence-electron chi connectivity index (χ2n) is 8.55. The highest BCUT2D eigenvalue weighted by Gasteiger charge is 2.51. The Bertz CT molecular complexity index is 677. The fourth-order valence-electron chi connectivity index (χ4n) is 3.75. The Morgan fingerprint density at radius 2 is 2.00 bits per heavy atom. The molecule has 142 valence electrons. The first-order valence-electron chi connectivity index (χ1n) is 9.28. The topological polar surface area (TPSA) is 88.2 Å². The van der Waals surface area contributed by atoms with Gasteiger partial charge in [0.15, 0.2) is 0 Å². The van der Waals surface area contributed by atoms with Crippen LogP contribution in [0, 0.1) is 5.41 Å². The van der Waals surface area contributed by atoms with E-state index in [9.17, 15) is 10.0 Å². The predicted octanol–water partition coefficient (Wildman–Crippen LogP) is 3.70. The zero-order valence-electron chi connectivity index (χ0n) is 15.8.